The van der Waals surface area contributed by atoms with Crippen LogP contribution in [0.2, 0.25) is 0 Å². The van der Waals surface area contributed by atoms with Gasteiger partial charge in [0.25, 0.3) is 0 Å². The molecule has 0 bridgehead atoms. The highest BCUT2D eigenvalue weighted by molar-refractivity contribution is 5.79. The number of carbonyl (C=O) groups is 1. The Kier molecular flexibility index (Phi) is 5.42. The molecule has 0 atom stereocenters. The van der Waals surface area contributed by atoms with Gasteiger partial charge in [-0.3, -0.25) is 4.79 Å². The lowest BCUT2D eigenvalue weighted by molar-refractivity contribution is -0.159. The topological polar surface area (TPSA) is 75.4 Å². The third-order valence-corrected chi connectivity index (χ3v) is 5.54. The molecule has 1 aliphatic carbocycles. The maximum absolute atomic E-state index is 12.7. The second kappa shape index (κ2) is 8.00. The second-order valence-electron chi connectivity index (χ2n) is 7.47. The van der Waals surface area contributed by atoms with E-state index < -0.39 is 12.1 Å². The predicted octanol–water partition coefficient (Wildman–Crippen LogP) is 3.38. The third-order valence-electron chi connectivity index (χ3n) is 5.54. The Morgan fingerprint density at radius 1 is 1.07 bits per heavy atom. The molecular formula is C19H22F3N5O2. The molecule has 2 fully saturated rings. The average Bonchev–Trinajstić information content (AvgIpc) is 3.25. The summed E-state index contributed by atoms with van der Waals surface area (Å²) in [7, 11) is 0. The van der Waals surface area contributed by atoms with Gasteiger partial charge in [0.15, 0.2) is 0 Å². The van der Waals surface area contributed by atoms with Crippen LogP contribution >= 0.6 is 0 Å². The van der Waals surface area contributed by atoms with Crippen LogP contribution < -0.4 is 4.90 Å². The smallest absolute Gasteiger partial charge is 0.353 e. The van der Waals surface area contributed by atoms with Crippen LogP contribution in [0.1, 0.15) is 38.0 Å². The summed E-state index contributed by atoms with van der Waals surface area (Å²) in [4.78, 5) is 24.4. The lowest BCUT2D eigenvalue weighted by Gasteiger charge is -2.37. The van der Waals surface area contributed by atoms with Gasteiger partial charge >= 0.3 is 12.1 Å². The molecule has 156 valence electrons. The first-order valence-corrected chi connectivity index (χ1v) is 9.83. The van der Waals surface area contributed by atoms with Crippen LogP contribution in [-0.2, 0) is 11.0 Å². The summed E-state index contributed by atoms with van der Waals surface area (Å²) in [6.45, 7) is 2.65. The molecule has 7 nitrogen and oxygen atoms in total. The van der Waals surface area contributed by atoms with Crippen LogP contribution in [-0.4, -0.2) is 52.1 Å². The molecule has 0 spiro atoms. The van der Waals surface area contributed by atoms with E-state index in [2.05, 4.69) is 24.5 Å². The van der Waals surface area contributed by atoms with E-state index in [1.54, 1.807) is 12.1 Å². The maximum atomic E-state index is 12.7. The fourth-order valence-electron chi connectivity index (χ4n) is 3.92. The number of pyridine rings is 1. The van der Waals surface area contributed by atoms with E-state index in [-0.39, 0.29) is 17.6 Å². The van der Waals surface area contributed by atoms with Gasteiger partial charge in [-0.2, -0.15) is 18.2 Å². The summed E-state index contributed by atoms with van der Waals surface area (Å²) >= 11 is 0. The summed E-state index contributed by atoms with van der Waals surface area (Å²) < 4.78 is 42.0. The minimum absolute atomic E-state index is 0.153. The minimum atomic E-state index is -4.67. The second-order valence-corrected chi connectivity index (χ2v) is 7.47. The molecule has 0 radical (unpaired) electrons. The number of carbonyl (C=O) groups excluding carboxylic acids is 1. The van der Waals surface area contributed by atoms with Gasteiger partial charge in [0, 0.05) is 43.9 Å². The fourth-order valence-corrected chi connectivity index (χ4v) is 3.92. The van der Waals surface area contributed by atoms with Crippen molar-refractivity contribution in [1.82, 2.24) is 20.0 Å². The number of hydrogen-bond acceptors (Lipinski definition) is 6. The zero-order valence-corrected chi connectivity index (χ0v) is 15.9. The lowest BCUT2D eigenvalue weighted by atomic mass is 9.88. The van der Waals surface area contributed by atoms with Crippen LogP contribution in [0, 0.1) is 5.92 Å². The molecule has 4 rings (SSSR count). The summed E-state index contributed by atoms with van der Waals surface area (Å²) in [5, 5.41) is 3.36. The first kappa shape index (κ1) is 19.7. The van der Waals surface area contributed by atoms with Crippen molar-refractivity contribution in [2.24, 2.45) is 5.92 Å². The number of anilines is 1. The Balaban J connectivity index is 1.35. The van der Waals surface area contributed by atoms with E-state index in [9.17, 15) is 18.0 Å². The summed E-state index contributed by atoms with van der Waals surface area (Å²) in [6.07, 6.45) is 2.24. The molecule has 2 aliphatic rings. The SMILES string of the molecule is O=C(C1CCCCC1)N1CCN(c2ccc(-c3noc(C(F)(F)F)n3)cn2)CC1. The van der Waals surface area contributed by atoms with Crippen molar-refractivity contribution in [2.45, 2.75) is 38.3 Å². The minimum Gasteiger partial charge on any atom is -0.353 e. The number of aromatic nitrogens is 3. The predicted molar refractivity (Wildman–Crippen MR) is 97.9 cm³/mol. The zero-order valence-electron chi connectivity index (χ0n) is 15.9. The highest BCUT2D eigenvalue weighted by Gasteiger charge is 2.38. The van der Waals surface area contributed by atoms with Crippen LogP contribution in [0.3, 0.4) is 0 Å². The molecule has 2 aromatic heterocycles. The van der Waals surface area contributed by atoms with Crippen LogP contribution in [0.5, 0.6) is 0 Å². The van der Waals surface area contributed by atoms with Crippen molar-refractivity contribution in [3.8, 4) is 11.4 Å². The largest absolute Gasteiger partial charge is 0.471 e. The van der Waals surface area contributed by atoms with Crippen molar-refractivity contribution in [1.29, 1.82) is 0 Å². The number of alkyl halides is 3. The molecule has 1 aliphatic heterocycles. The molecule has 1 saturated heterocycles. The summed E-state index contributed by atoms with van der Waals surface area (Å²) in [5.74, 6) is -0.387. The number of rotatable bonds is 3. The van der Waals surface area contributed by atoms with Crippen LogP contribution in [0.25, 0.3) is 11.4 Å². The number of halogens is 3. The molecule has 29 heavy (non-hydrogen) atoms. The standard InChI is InChI=1S/C19H22F3N5O2/c20-19(21,22)18-24-16(25-29-18)14-6-7-15(23-12-14)26-8-10-27(11-9-26)17(28)13-4-2-1-3-5-13/h6-7,12-13H,1-5,8-11H2. The number of piperazine rings is 1. The molecule has 0 unspecified atom stereocenters. The number of nitrogens with zero attached hydrogens (tertiary/aromatic N) is 5. The first-order valence-electron chi connectivity index (χ1n) is 9.83. The quantitative estimate of drug-likeness (QED) is 0.774. The van der Waals surface area contributed by atoms with Gasteiger partial charge in [0.1, 0.15) is 5.82 Å². The molecule has 10 heteroatoms. The first-order chi connectivity index (χ1) is 13.9. The van der Waals surface area contributed by atoms with E-state index >= 15 is 0 Å². The van der Waals surface area contributed by atoms with Crippen molar-refractivity contribution >= 4 is 11.7 Å². The highest BCUT2D eigenvalue weighted by atomic mass is 19.4. The van der Waals surface area contributed by atoms with Crippen molar-refractivity contribution < 1.29 is 22.5 Å². The fraction of sp³-hybridized carbons (Fsp3) is 0.579. The lowest BCUT2D eigenvalue weighted by Crippen LogP contribution is -2.50. The molecule has 3 heterocycles. The van der Waals surface area contributed by atoms with Gasteiger partial charge in [0.2, 0.25) is 11.7 Å². The molecule has 0 aromatic carbocycles. The number of hydrogen-bond donors (Lipinski definition) is 0. The van der Waals surface area contributed by atoms with E-state index in [0.29, 0.717) is 37.6 Å². The summed E-state index contributed by atoms with van der Waals surface area (Å²) in [5.41, 5.74) is 0.346. The van der Waals surface area contributed by atoms with Crippen molar-refractivity contribution in [2.75, 3.05) is 31.1 Å². The maximum Gasteiger partial charge on any atom is 0.471 e. The molecule has 0 N–H and O–H groups in total. The van der Waals surface area contributed by atoms with Gasteiger partial charge in [-0.25, -0.2) is 4.98 Å². The van der Waals surface area contributed by atoms with E-state index in [4.69, 9.17) is 0 Å². The van der Waals surface area contributed by atoms with E-state index in [0.717, 1.165) is 25.7 Å². The third kappa shape index (κ3) is 4.35. The van der Waals surface area contributed by atoms with Crippen molar-refractivity contribution in [3.05, 3.63) is 24.2 Å². The Morgan fingerprint density at radius 2 is 1.79 bits per heavy atom. The molecule has 2 aromatic rings. The van der Waals surface area contributed by atoms with Gasteiger partial charge in [0.05, 0.1) is 0 Å². The summed E-state index contributed by atoms with van der Waals surface area (Å²) in [6, 6.07) is 3.34. The molecule has 1 amide bonds. The normalized spacial score (nSPS) is 18.9. The Bertz CT molecular complexity index is 838. The molecule has 1 saturated carbocycles. The van der Waals surface area contributed by atoms with E-state index in [1.807, 2.05) is 4.90 Å². The van der Waals surface area contributed by atoms with Crippen LogP contribution in [0.4, 0.5) is 19.0 Å². The highest BCUT2D eigenvalue weighted by Crippen LogP contribution is 2.30. The Morgan fingerprint density at radius 3 is 2.38 bits per heavy atom. The molecular weight excluding hydrogens is 387 g/mol. The monoisotopic (exact) mass is 409 g/mol. The van der Waals surface area contributed by atoms with Gasteiger partial charge in [-0.15, -0.1) is 0 Å². The Labute approximate surface area is 165 Å². The van der Waals surface area contributed by atoms with E-state index in [1.165, 1.54) is 12.6 Å². The van der Waals surface area contributed by atoms with Crippen molar-refractivity contribution in [3.63, 3.8) is 0 Å². The van der Waals surface area contributed by atoms with Gasteiger partial charge < -0.3 is 14.3 Å². The Hall–Kier alpha value is -2.65. The van der Waals surface area contributed by atoms with Crippen LogP contribution in [0.15, 0.2) is 22.9 Å². The average molecular weight is 409 g/mol. The van der Waals surface area contributed by atoms with Gasteiger partial charge in [-0.1, -0.05) is 24.4 Å². The zero-order chi connectivity index (χ0) is 20.4. The number of amides is 1. The van der Waals surface area contributed by atoms with Gasteiger partial charge in [-0.05, 0) is 25.0 Å².